The molecule has 1 aromatic rings. The Hall–Kier alpha value is -1.28. The zero-order valence-corrected chi connectivity index (χ0v) is 15.8. The first-order chi connectivity index (χ1) is 11.1. The van der Waals surface area contributed by atoms with E-state index in [1.54, 1.807) is 0 Å². The van der Waals surface area contributed by atoms with E-state index in [1.165, 1.54) is 6.08 Å². The number of hydrogen-bond donors (Lipinski definition) is 0. The highest BCUT2D eigenvalue weighted by molar-refractivity contribution is 7.87. The second-order valence-electron chi connectivity index (χ2n) is 5.64. The van der Waals surface area contributed by atoms with Gasteiger partial charge in [0, 0.05) is 5.54 Å². The van der Waals surface area contributed by atoms with E-state index in [1.807, 2.05) is 30.3 Å². The fourth-order valence-corrected chi connectivity index (χ4v) is 7.50. The first-order valence-electron chi connectivity index (χ1n) is 7.84. The van der Waals surface area contributed by atoms with Crippen LogP contribution in [0.25, 0.3) is 0 Å². The molecule has 0 spiro atoms. The molecule has 0 aliphatic rings. The largest absolute Gasteiger partial charge is 0.534 e. The lowest BCUT2D eigenvalue weighted by atomic mass is 10.1. The van der Waals surface area contributed by atoms with Gasteiger partial charge < -0.3 is 4.18 Å². The van der Waals surface area contributed by atoms with Crippen molar-refractivity contribution in [2.45, 2.75) is 50.0 Å². The van der Waals surface area contributed by atoms with Crippen molar-refractivity contribution in [2.75, 3.05) is 0 Å². The molecule has 136 valence electrons. The Bertz CT molecular complexity index is 630. The number of halogens is 3. The molecule has 24 heavy (non-hydrogen) atoms. The molecule has 0 fully saturated rings. The molecule has 0 heterocycles. The zero-order chi connectivity index (χ0) is 18.4. The number of rotatable bonds is 8. The van der Waals surface area contributed by atoms with Gasteiger partial charge in [0.1, 0.15) is 6.26 Å². The fourth-order valence-electron chi connectivity index (χ4n) is 2.98. The van der Waals surface area contributed by atoms with Gasteiger partial charge in [0.05, 0.1) is 8.07 Å². The molecule has 0 N–H and O–H groups in total. The molecule has 1 rings (SSSR count). The van der Waals surface area contributed by atoms with E-state index in [4.69, 9.17) is 0 Å². The number of hydrogen-bond acceptors (Lipinski definition) is 3. The Morgan fingerprint density at radius 2 is 1.58 bits per heavy atom. The van der Waals surface area contributed by atoms with Crippen LogP contribution < -0.4 is 0 Å². The highest BCUT2D eigenvalue weighted by atomic mass is 32.2. The summed E-state index contributed by atoms with van der Waals surface area (Å²) in [5.41, 5.74) is -4.56. The maximum absolute atomic E-state index is 12.4. The van der Waals surface area contributed by atoms with Gasteiger partial charge in [0.15, 0.2) is 0 Å². The Balaban J connectivity index is 3.19. The molecule has 0 radical (unpaired) electrons. The summed E-state index contributed by atoms with van der Waals surface area (Å²) in [5, 5.41) is 0. The lowest BCUT2D eigenvalue weighted by molar-refractivity contribution is -0.0515. The van der Waals surface area contributed by atoms with Crippen LogP contribution in [0.4, 0.5) is 13.2 Å². The molecule has 0 saturated heterocycles. The van der Waals surface area contributed by atoms with E-state index < -0.39 is 23.7 Å². The van der Waals surface area contributed by atoms with Crippen LogP contribution in [0, 0.1) is 0 Å². The molecule has 0 amide bonds. The molecular weight excluding hydrogens is 357 g/mol. The first kappa shape index (κ1) is 20.8. The number of benzene rings is 1. The van der Waals surface area contributed by atoms with Crippen molar-refractivity contribution in [3.05, 3.63) is 48.2 Å². The molecule has 0 aliphatic carbocycles. The molecule has 0 saturated carbocycles. The summed E-state index contributed by atoms with van der Waals surface area (Å²) in [6.07, 6.45) is 2.16. The van der Waals surface area contributed by atoms with Crippen molar-refractivity contribution in [1.29, 1.82) is 0 Å². The third kappa shape index (κ3) is 4.63. The van der Waals surface area contributed by atoms with Crippen LogP contribution in [0.1, 0.15) is 31.9 Å². The van der Waals surface area contributed by atoms with E-state index in [0.717, 1.165) is 23.7 Å². The average molecular weight is 381 g/mol. The molecule has 3 nitrogen and oxygen atoms in total. The van der Waals surface area contributed by atoms with Crippen LogP contribution in [0.15, 0.2) is 42.7 Å². The van der Waals surface area contributed by atoms with Gasteiger partial charge in [0.2, 0.25) is 0 Å². The Kier molecular flexibility index (Phi) is 7.09. The van der Waals surface area contributed by atoms with Gasteiger partial charge in [-0.05, 0) is 11.6 Å². The summed E-state index contributed by atoms with van der Waals surface area (Å²) in [4.78, 5) is 0. The minimum Gasteiger partial charge on any atom is -0.384 e. The van der Waals surface area contributed by atoms with Crippen molar-refractivity contribution < 1.29 is 25.8 Å². The highest BCUT2D eigenvalue weighted by Gasteiger charge is 2.48. The van der Waals surface area contributed by atoms with Gasteiger partial charge >= 0.3 is 15.6 Å². The third-order valence-electron chi connectivity index (χ3n) is 4.67. The number of allylic oxidation sites excluding steroid dienone is 1. The normalized spacial score (nSPS) is 14.8. The van der Waals surface area contributed by atoms with Gasteiger partial charge in [-0.15, -0.1) is 0 Å². The van der Waals surface area contributed by atoms with Crippen LogP contribution in [-0.2, 0) is 14.3 Å². The van der Waals surface area contributed by atoms with Gasteiger partial charge in [-0.3, -0.25) is 0 Å². The topological polar surface area (TPSA) is 43.4 Å². The highest BCUT2D eigenvalue weighted by Crippen LogP contribution is 2.37. The third-order valence-corrected chi connectivity index (χ3v) is 11.7. The molecule has 1 atom stereocenters. The quantitative estimate of drug-likeness (QED) is 0.269. The Morgan fingerprint density at radius 3 is 2.00 bits per heavy atom. The van der Waals surface area contributed by atoms with E-state index in [9.17, 15) is 21.6 Å². The van der Waals surface area contributed by atoms with Crippen molar-refractivity contribution in [3.8, 4) is 0 Å². The van der Waals surface area contributed by atoms with Crippen molar-refractivity contribution in [2.24, 2.45) is 0 Å². The monoisotopic (exact) mass is 380 g/mol. The fraction of sp³-hybridized carbons (Fsp3) is 0.500. The standard InChI is InChI=1S/C16H23F3O3SSi/c1-4-24(5-2,6-3)15(14-10-8-7-9-11-14)12-13-22-23(20,21)16(17,18)19/h7-13,15H,4-6H2,1-3H3/b13-12+. The van der Waals surface area contributed by atoms with E-state index >= 15 is 0 Å². The smallest absolute Gasteiger partial charge is 0.384 e. The minimum absolute atomic E-state index is 0.109. The van der Waals surface area contributed by atoms with E-state index in [2.05, 4.69) is 25.0 Å². The molecule has 1 aromatic carbocycles. The summed E-state index contributed by atoms with van der Waals surface area (Å²) < 4.78 is 63.3. The van der Waals surface area contributed by atoms with E-state index in [-0.39, 0.29) is 5.54 Å². The second-order valence-corrected chi connectivity index (χ2v) is 12.7. The summed E-state index contributed by atoms with van der Waals surface area (Å²) in [7, 11) is -7.49. The van der Waals surface area contributed by atoms with Crippen LogP contribution in [0.5, 0.6) is 0 Å². The van der Waals surface area contributed by atoms with Crippen LogP contribution in [-0.4, -0.2) is 22.0 Å². The average Bonchev–Trinajstić information content (AvgIpc) is 2.55. The zero-order valence-electron chi connectivity index (χ0n) is 14.0. The molecule has 1 unspecified atom stereocenters. The molecular formula is C16H23F3O3SSi. The maximum atomic E-state index is 12.4. The van der Waals surface area contributed by atoms with Gasteiger partial charge in [-0.1, -0.05) is 69.2 Å². The minimum atomic E-state index is -5.61. The second kappa shape index (κ2) is 8.20. The van der Waals surface area contributed by atoms with Crippen LogP contribution in [0.2, 0.25) is 18.1 Å². The summed E-state index contributed by atoms with van der Waals surface area (Å²) in [5.74, 6) is 0. The molecule has 0 aliphatic heterocycles. The van der Waals surface area contributed by atoms with Crippen LogP contribution >= 0.6 is 0 Å². The predicted octanol–water partition coefficient (Wildman–Crippen LogP) is 5.20. The van der Waals surface area contributed by atoms with E-state index in [0.29, 0.717) is 6.26 Å². The molecule has 0 bridgehead atoms. The van der Waals surface area contributed by atoms with Gasteiger partial charge in [0.25, 0.3) is 0 Å². The SMILES string of the molecule is CC[Si](CC)(CC)C(/C=C/OS(=O)(=O)C(F)(F)F)c1ccccc1. The maximum Gasteiger partial charge on any atom is 0.534 e. The predicted molar refractivity (Wildman–Crippen MR) is 91.6 cm³/mol. The Labute approximate surface area is 142 Å². The van der Waals surface area contributed by atoms with Gasteiger partial charge in [-0.25, -0.2) is 0 Å². The summed E-state index contributed by atoms with van der Waals surface area (Å²) >= 11 is 0. The Morgan fingerprint density at radius 1 is 1.08 bits per heavy atom. The molecule has 0 aromatic heterocycles. The van der Waals surface area contributed by atoms with Crippen LogP contribution in [0.3, 0.4) is 0 Å². The van der Waals surface area contributed by atoms with Crippen molar-refractivity contribution in [1.82, 2.24) is 0 Å². The van der Waals surface area contributed by atoms with Gasteiger partial charge in [-0.2, -0.15) is 21.6 Å². The molecule has 8 heteroatoms. The van der Waals surface area contributed by atoms with Crippen molar-refractivity contribution >= 4 is 18.2 Å². The summed E-state index contributed by atoms with van der Waals surface area (Å²) in [6, 6.07) is 12.2. The van der Waals surface area contributed by atoms with Crippen molar-refractivity contribution in [3.63, 3.8) is 0 Å². The lowest BCUT2D eigenvalue weighted by Crippen LogP contribution is -2.39. The lowest BCUT2D eigenvalue weighted by Gasteiger charge is -2.35. The number of alkyl halides is 3. The summed E-state index contributed by atoms with van der Waals surface area (Å²) in [6.45, 7) is 6.24. The first-order valence-corrected chi connectivity index (χ1v) is 12.0.